The predicted octanol–water partition coefficient (Wildman–Crippen LogP) is 1.10. The van der Waals surface area contributed by atoms with Crippen LogP contribution in [0.5, 0.6) is 0 Å². The number of aromatic nitrogens is 1. The molecule has 2 heterocycles. The SMILES string of the molecule is O=C(O)CC1CN(S(=O)(=O)c2cccc3cnccc23)CCO1. The van der Waals surface area contributed by atoms with Gasteiger partial charge in [-0.1, -0.05) is 12.1 Å². The van der Waals surface area contributed by atoms with E-state index in [4.69, 9.17) is 9.84 Å². The first-order valence-corrected chi connectivity index (χ1v) is 8.59. The summed E-state index contributed by atoms with van der Waals surface area (Å²) in [6.45, 7) is 0.430. The van der Waals surface area contributed by atoms with Crippen molar-refractivity contribution in [2.75, 3.05) is 19.7 Å². The number of morpholine rings is 1. The molecule has 0 spiro atoms. The van der Waals surface area contributed by atoms with Crippen LogP contribution in [0.3, 0.4) is 0 Å². The molecule has 3 rings (SSSR count). The van der Waals surface area contributed by atoms with Gasteiger partial charge in [0.15, 0.2) is 0 Å². The Morgan fingerprint density at radius 1 is 1.39 bits per heavy atom. The Morgan fingerprint density at radius 2 is 2.22 bits per heavy atom. The third-order valence-corrected chi connectivity index (χ3v) is 5.69. The van der Waals surface area contributed by atoms with Crippen molar-refractivity contribution >= 4 is 26.8 Å². The van der Waals surface area contributed by atoms with Crippen LogP contribution < -0.4 is 0 Å². The number of benzene rings is 1. The molecule has 7 nitrogen and oxygen atoms in total. The van der Waals surface area contributed by atoms with Crippen LogP contribution in [0.25, 0.3) is 10.8 Å². The van der Waals surface area contributed by atoms with E-state index < -0.39 is 22.1 Å². The molecule has 1 aromatic heterocycles. The largest absolute Gasteiger partial charge is 0.481 e. The van der Waals surface area contributed by atoms with Gasteiger partial charge in [0.05, 0.1) is 24.0 Å². The predicted molar refractivity (Wildman–Crippen MR) is 82.5 cm³/mol. The topological polar surface area (TPSA) is 96.8 Å². The highest BCUT2D eigenvalue weighted by atomic mass is 32.2. The summed E-state index contributed by atoms with van der Waals surface area (Å²) in [4.78, 5) is 15.0. The van der Waals surface area contributed by atoms with Crippen molar-refractivity contribution in [3.05, 3.63) is 36.7 Å². The highest BCUT2D eigenvalue weighted by molar-refractivity contribution is 7.89. The Morgan fingerprint density at radius 3 is 3.00 bits per heavy atom. The Hall–Kier alpha value is -2.03. The molecule has 1 aliphatic rings. The number of nitrogens with zero attached hydrogens (tertiary/aromatic N) is 2. The quantitative estimate of drug-likeness (QED) is 0.898. The number of pyridine rings is 1. The van der Waals surface area contributed by atoms with E-state index in [-0.39, 0.29) is 31.0 Å². The van der Waals surface area contributed by atoms with Crippen LogP contribution in [0.15, 0.2) is 41.6 Å². The molecule has 2 aromatic rings. The van der Waals surface area contributed by atoms with Gasteiger partial charge >= 0.3 is 5.97 Å². The highest BCUT2D eigenvalue weighted by Gasteiger charge is 2.32. The first-order chi connectivity index (χ1) is 11.0. The summed E-state index contributed by atoms with van der Waals surface area (Å²) in [7, 11) is -3.72. The molecular weight excluding hydrogens is 320 g/mol. The zero-order valence-corrected chi connectivity index (χ0v) is 13.1. The van der Waals surface area contributed by atoms with Crippen LogP contribution >= 0.6 is 0 Å². The molecule has 0 amide bonds. The van der Waals surface area contributed by atoms with Crippen LogP contribution in [0.1, 0.15) is 6.42 Å². The Kier molecular flexibility index (Phi) is 4.29. The minimum Gasteiger partial charge on any atom is -0.481 e. The number of ether oxygens (including phenoxy) is 1. The molecule has 1 aliphatic heterocycles. The first-order valence-electron chi connectivity index (χ1n) is 7.15. The van der Waals surface area contributed by atoms with Gasteiger partial charge in [-0.15, -0.1) is 0 Å². The summed E-state index contributed by atoms with van der Waals surface area (Å²) >= 11 is 0. The van der Waals surface area contributed by atoms with Gasteiger partial charge in [-0.05, 0) is 12.1 Å². The van der Waals surface area contributed by atoms with Crippen molar-refractivity contribution in [1.82, 2.24) is 9.29 Å². The van der Waals surface area contributed by atoms with Crippen molar-refractivity contribution in [3.8, 4) is 0 Å². The maximum Gasteiger partial charge on any atom is 0.306 e. The lowest BCUT2D eigenvalue weighted by atomic mass is 10.2. The summed E-state index contributed by atoms with van der Waals surface area (Å²) in [5, 5.41) is 10.2. The average Bonchev–Trinajstić information content (AvgIpc) is 2.54. The van der Waals surface area contributed by atoms with Gasteiger partial charge < -0.3 is 9.84 Å². The molecule has 1 fully saturated rings. The second kappa shape index (κ2) is 6.23. The molecule has 1 unspecified atom stereocenters. The monoisotopic (exact) mass is 336 g/mol. The first kappa shape index (κ1) is 15.9. The molecule has 0 aliphatic carbocycles. The number of carbonyl (C=O) groups is 1. The molecule has 1 aromatic carbocycles. The van der Waals surface area contributed by atoms with E-state index in [2.05, 4.69) is 4.98 Å². The van der Waals surface area contributed by atoms with Crippen LogP contribution in [-0.4, -0.2) is 54.6 Å². The Balaban J connectivity index is 1.95. The van der Waals surface area contributed by atoms with Crippen molar-refractivity contribution in [1.29, 1.82) is 0 Å². The van der Waals surface area contributed by atoms with Crippen molar-refractivity contribution in [2.45, 2.75) is 17.4 Å². The molecule has 8 heteroatoms. The highest BCUT2D eigenvalue weighted by Crippen LogP contribution is 2.26. The zero-order chi connectivity index (χ0) is 16.4. The fourth-order valence-electron chi connectivity index (χ4n) is 2.69. The lowest BCUT2D eigenvalue weighted by Gasteiger charge is -2.31. The molecule has 0 radical (unpaired) electrons. The van der Waals surface area contributed by atoms with Crippen molar-refractivity contribution < 1.29 is 23.1 Å². The molecule has 1 saturated heterocycles. The maximum absolute atomic E-state index is 12.9. The smallest absolute Gasteiger partial charge is 0.306 e. The van der Waals surface area contributed by atoms with Gasteiger partial charge in [-0.2, -0.15) is 4.31 Å². The second-order valence-electron chi connectivity index (χ2n) is 5.31. The van der Waals surface area contributed by atoms with Gasteiger partial charge in [0.2, 0.25) is 10.0 Å². The van der Waals surface area contributed by atoms with E-state index >= 15 is 0 Å². The van der Waals surface area contributed by atoms with Crippen LogP contribution in [0, 0.1) is 0 Å². The number of hydrogen-bond acceptors (Lipinski definition) is 5. The fourth-order valence-corrected chi connectivity index (χ4v) is 4.36. The number of rotatable bonds is 4. The number of carboxylic acid groups (broad SMARTS) is 1. The minimum atomic E-state index is -3.72. The van der Waals surface area contributed by atoms with Gasteiger partial charge in [0.1, 0.15) is 0 Å². The number of carboxylic acids is 1. The summed E-state index contributed by atoms with van der Waals surface area (Å²) in [6.07, 6.45) is 2.31. The minimum absolute atomic E-state index is 0.0378. The Labute approximate surface area is 133 Å². The standard InChI is InChI=1S/C15H16N2O5S/c18-15(19)8-12-10-17(6-7-22-12)23(20,21)14-3-1-2-11-9-16-5-4-13(11)14/h1-5,9,12H,6-8,10H2,(H,18,19). The van der Waals surface area contributed by atoms with Crippen molar-refractivity contribution in [2.24, 2.45) is 0 Å². The number of fused-ring (bicyclic) bond motifs is 1. The molecule has 0 saturated carbocycles. The van der Waals surface area contributed by atoms with Crippen molar-refractivity contribution in [3.63, 3.8) is 0 Å². The third kappa shape index (κ3) is 3.19. The molecular formula is C15H16N2O5S. The lowest BCUT2D eigenvalue weighted by Crippen LogP contribution is -2.46. The molecule has 1 atom stereocenters. The van der Waals surface area contributed by atoms with Crippen LogP contribution in [-0.2, 0) is 19.6 Å². The number of aliphatic carboxylic acids is 1. The van der Waals surface area contributed by atoms with Gasteiger partial charge in [-0.3, -0.25) is 9.78 Å². The summed E-state index contributed by atoms with van der Waals surface area (Å²) in [5.41, 5.74) is 0. The maximum atomic E-state index is 12.9. The average molecular weight is 336 g/mol. The number of sulfonamides is 1. The lowest BCUT2D eigenvalue weighted by molar-refractivity contribution is -0.141. The summed E-state index contributed by atoms with van der Waals surface area (Å²) in [6, 6.07) is 6.69. The van der Waals surface area contributed by atoms with Gasteiger partial charge in [0.25, 0.3) is 0 Å². The van der Waals surface area contributed by atoms with Gasteiger partial charge in [-0.25, -0.2) is 8.42 Å². The summed E-state index contributed by atoms with van der Waals surface area (Å²) in [5.74, 6) is -1.01. The van der Waals surface area contributed by atoms with Crippen LogP contribution in [0.4, 0.5) is 0 Å². The third-order valence-electron chi connectivity index (χ3n) is 3.76. The van der Waals surface area contributed by atoms with E-state index in [0.717, 1.165) is 5.39 Å². The van der Waals surface area contributed by atoms with E-state index in [0.29, 0.717) is 5.39 Å². The zero-order valence-electron chi connectivity index (χ0n) is 12.3. The van der Waals surface area contributed by atoms with E-state index in [1.165, 1.54) is 4.31 Å². The van der Waals surface area contributed by atoms with Crippen LogP contribution in [0.2, 0.25) is 0 Å². The second-order valence-corrected chi connectivity index (χ2v) is 7.21. The fraction of sp³-hybridized carbons (Fsp3) is 0.333. The normalized spacial score (nSPS) is 19.7. The molecule has 0 bridgehead atoms. The number of hydrogen-bond donors (Lipinski definition) is 1. The van der Waals surface area contributed by atoms with E-state index in [1.54, 1.807) is 36.7 Å². The molecule has 1 N–H and O–H groups in total. The molecule has 122 valence electrons. The van der Waals surface area contributed by atoms with E-state index in [9.17, 15) is 13.2 Å². The Bertz CT molecular complexity index is 831. The van der Waals surface area contributed by atoms with Gasteiger partial charge in [0, 0.05) is 36.3 Å². The molecule has 23 heavy (non-hydrogen) atoms. The van der Waals surface area contributed by atoms with E-state index in [1.807, 2.05) is 0 Å². The summed E-state index contributed by atoms with van der Waals surface area (Å²) < 4.78 is 32.5.